The quantitative estimate of drug-likeness (QED) is 0.813. The van der Waals surface area contributed by atoms with E-state index in [4.69, 9.17) is 0 Å². The van der Waals surface area contributed by atoms with Gasteiger partial charge in [-0.05, 0) is 43.0 Å². The van der Waals surface area contributed by atoms with Gasteiger partial charge in [-0.25, -0.2) is 0 Å². The van der Waals surface area contributed by atoms with Crippen LogP contribution in [0.4, 0.5) is 0 Å². The van der Waals surface area contributed by atoms with Crippen molar-refractivity contribution in [3.8, 4) is 0 Å². The van der Waals surface area contributed by atoms with Crippen LogP contribution in [0.3, 0.4) is 0 Å². The van der Waals surface area contributed by atoms with Gasteiger partial charge in [-0.3, -0.25) is 0 Å². The molecule has 1 nitrogen and oxygen atoms in total. The van der Waals surface area contributed by atoms with Crippen molar-refractivity contribution in [2.75, 3.05) is 6.54 Å². The summed E-state index contributed by atoms with van der Waals surface area (Å²) < 4.78 is 1.17. The standard InChI is InChI=1S/C16H24BrN/c1-2-18-16(11-13-5-3-4-6-13)12-14-7-9-15(17)10-8-14/h7-10,13,16,18H,2-6,11-12H2,1H3. The number of hydrogen-bond donors (Lipinski definition) is 1. The van der Waals surface area contributed by atoms with E-state index in [1.165, 1.54) is 42.1 Å². The molecule has 2 heteroatoms. The van der Waals surface area contributed by atoms with E-state index >= 15 is 0 Å². The summed E-state index contributed by atoms with van der Waals surface area (Å²) >= 11 is 3.50. The molecule has 0 aromatic heterocycles. The Balaban J connectivity index is 1.90. The number of halogens is 1. The second-order valence-electron chi connectivity index (χ2n) is 5.47. The first-order chi connectivity index (χ1) is 8.78. The van der Waals surface area contributed by atoms with Gasteiger partial charge < -0.3 is 5.32 Å². The lowest BCUT2D eigenvalue weighted by atomic mass is 9.94. The zero-order valence-electron chi connectivity index (χ0n) is 11.3. The van der Waals surface area contributed by atoms with Gasteiger partial charge in [0.15, 0.2) is 0 Å². The van der Waals surface area contributed by atoms with Crippen molar-refractivity contribution in [3.63, 3.8) is 0 Å². The van der Waals surface area contributed by atoms with E-state index in [0.29, 0.717) is 6.04 Å². The van der Waals surface area contributed by atoms with Gasteiger partial charge in [-0.2, -0.15) is 0 Å². The molecule has 1 aromatic rings. The Labute approximate surface area is 119 Å². The first-order valence-electron chi connectivity index (χ1n) is 7.25. The number of nitrogens with one attached hydrogen (secondary N) is 1. The fourth-order valence-electron chi connectivity index (χ4n) is 3.08. The lowest BCUT2D eigenvalue weighted by Gasteiger charge is -2.21. The summed E-state index contributed by atoms with van der Waals surface area (Å²) in [5.74, 6) is 0.962. The van der Waals surface area contributed by atoms with Gasteiger partial charge in [0.05, 0.1) is 0 Å². The van der Waals surface area contributed by atoms with Crippen molar-refractivity contribution in [2.45, 2.75) is 51.5 Å². The highest BCUT2D eigenvalue weighted by Crippen LogP contribution is 2.29. The summed E-state index contributed by atoms with van der Waals surface area (Å²) in [6, 6.07) is 9.42. The first-order valence-corrected chi connectivity index (χ1v) is 8.05. The van der Waals surface area contributed by atoms with Crippen LogP contribution in [-0.2, 0) is 6.42 Å². The molecule has 0 aliphatic heterocycles. The Morgan fingerprint density at radius 3 is 2.50 bits per heavy atom. The smallest absolute Gasteiger partial charge is 0.0175 e. The molecule has 0 saturated heterocycles. The maximum Gasteiger partial charge on any atom is 0.0175 e. The molecule has 0 amide bonds. The highest BCUT2D eigenvalue weighted by molar-refractivity contribution is 9.10. The van der Waals surface area contributed by atoms with Gasteiger partial charge in [0.2, 0.25) is 0 Å². The van der Waals surface area contributed by atoms with E-state index in [1.54, 1.807) is 0 Å². The van der Waals surface area contributed by atoms with Crippen LogP contribution < -0.4 is 5.32 Å². The fourth-order valence-corrected chi connectivity index (χ4v) is 3.35. The maximum atomic E-state index is 3.66. The fraction of sp³-hybridized carbons (Fsp3) is 0.625. The van der Waals surface area contributed by atoms with Gasteiger partial charge in [0.25, 0.3) is 0 Å². The minimum Gasteiger partial charge on any atom is -0.314 e. The van der Waals surface area contributed by atoms with Crippen molar-refractivity contribution in [3.05, 3.63) is 34.3 Å². The third-order valence-electron chi connectivity index (χ3n) is 3.98. The molecule has 0 bridgehead atoms. The SMILES string of the molecule is CCNC(Cc1ccc(Br)cc1)CC1CCCC1. The molecular weight excluding hydrogens is 286 g/mol. The minimum absolute atomic E-state index is 0.652. The van der Waals surface area contributed by atoms with E-state index in [-0.39, 0.29) is 0 Å². The Kier molecular flexibility index (Phi) is 5.71. The zero-order chi connectivity index (χ0) is 12.8. The van der Waals surface area contributed by atoms with E-state index in [1.807, 2.05) is 0 Å². The molecule has 1 fully saturated rings. The average Bonchev–Trinajstić information content (AvgIpc) is 2.85. The van der Waals surface area contributed by atoms with Gasteiger partial charge in [-0.15, -0.1) is 0 Å². The van der Waals surface area contributed by atoms with Crippen LogP contribution in [0.1, 0.15) is 44.6 Å². The summed E-state index contributed by atoms with van der Waals surface area (Å²) in [4.78, 5) is 0. The maximum absolute atomic E-state index is 3.66. The van der Waals surface area contributed by atoms with Gasteiger partial charge in [0.1, 0.15) is 0 Å². The number of likely N-dealkylation sites (N-methyl/N-ethyl adjacent to an activating group) is 1. The van der Waals surface area contributed by atoms with Crippen molar-refractivity contribution >= 4 is 15.9 Å². The molecule has 100 valence electrons. The topological polar surface area (TPSA) is 12.0 Å². The molecule has 0 heterocycles. The van der Waals surface area contributed by atoms with Crippen molar-refractivity contribution in [1.82, 2.24) is 5.32 Å². The first kappa shape index (κ1) is 14.1. The van der Waals surface area contributed by atoms with Crippen LogP contribution in [0.5, 0.6) is 0 Å². The normalized spacial score (nSPS) is 18.1. The predicted molar refractivity (Wildman–Crippen MR) is 81.9 cm³/mol. The largest absolute Gasteiger partial charge is 0.314 e. The van der Waals surface area contributed by atoms with E-state index < -0.39 is 0 Å². The molecule has 1 N–H and O–H groups in total. The minimum atomic E-state index is 0.652. The summed E-state index contributed by atoms with van der Waals surface area (Å²) in [5, 5.41) is 3.66. The van der Waals surface area contributed by atoms with Crippen molar-refractivity contribution in [2.24, 2.45) is 5.92 Å². The zero-order valence-corrected chi connectivity index (χ0v) is 12.9. The van der Waals surface area contributed by atoms with Crippen LogP contribution >= 0.6 is 15.9 Å². The summed E-state index contributed by atoms with van der Waals surface area (Å²) in [6.45, 7) is 3.29. The Hall–Kier alpha value is -0.340. The van der Waals surface area contributed by atoms with Crippen molar-refractivity contribution in [1.29, 1.82) is 0 Å². The van der Waals surface area contributed by atoms with Crippen LogP contribution in [0.25, 0.3) is 0 Å². The monoisotopic (exact) mass is 309 g/mol. The highest BCUT2D eigenvalue weighted by atomic mass is 79.9. The molecule has 0 spiro atoms. The van der Waals surface area contributed by atoms with Gasteiger partial charge in [-0.1, -0.05) is 60.7 Å². The summed E-state index contributed by atoms with van der Waals surface area (Å²) in [7, 11) is 0. The molecule has 1 aliphatic carbocycles. The molecule has 0 radical (unpaired) electrons. The second kappa shape index (κ2) is 7.30. The summed E-state index contributed by atoms with van der Waals surface area (Å²) in [6.07, 6.45) is 8.30. The molecule has 18 heavy (non-hydrogen) atoms. The Morgan fingerprint density at radius 1 is 1.22 bits per heavy atom. The molecule has 1 saturated carbocycles. The molecule has 1 atom stereocenters. The molecular formula is C16H24BrN. The molecule has 1 aliphatic rings. The van der Waals surface area contributed by atoms with Crippen LogP contribution in [0.15, 0.2) is 28.7 Å². The average molecular weight is 310 g/mol. The molecule has 1 aromatic carbocycles. The van der Waals surface area contributed by atoms with Crippen molar-refractivity contribution < 1.29 is 0 Å². The highest BCUT2D eigenvalue weighted by Gasteiger charge is 2.19. The third kappa shape index (κ3) is 4.40. The van der Waals surface area contributed by atoms with Gasteiger partial charge >= 0.3 is 0 Å². The number of hydrogen-bond acceptors (Lipinski definition) is 1. The molecule has 2 rings (SSSR count). The lowest BCUT2D eigenvalue weighted by molar-refractivity contribution is 0.390. The Bertz CT molecular complexity index is 341. The Morgan fingerprint density at radius 2 is 1.89 bits per heavy atom. The summed E-state index contributed by atoms with van der Waals surface area (Å²) in [5.41, 5.74) is 1.45. The van der Waals surface area contributed by atoms with Gasteiger partial charge in [0, 0.05) is 10.5 Å². The second-order valence-corrected chi connectivity index (χ2v) is 6.39. The third-order valence-corrected chi connectivity index (χ3v) is 4.51. The number of rotatable bonds is 6. The van der Waals surface area contributed by atoms with E-state index in [0.717, 1.165) is 18.9 Å². The predicted octanol–water partition coefficient (Wildman–Crippen LogP) is 4.55. The molecule has 1 unspecified atom stereocenters. The van der Waals surface area contributed by atoms with Crippen LogP contribution in [0, 0.1) is 5.92 Å². The van der Waals surface area contributed by atoms with E-state index in [9.17, 15) is 0 Å². The lowest BCUT2D eigenvalue weighted by Crippen LogP contribution is -2.32. The van der Waals surface area contributed by atoms with Crippen LogP contribution in [-0.4, -0.2) is 12.6 Å². The van der Waals surface area contributed by atoms with Crippen LogP contribution in [0.2, 0.25) is 0 Å². The van der Waals surface area contributed by atoms with E-state index in [2.05, 4.69) is 52.4 Å². The number of benzene rings is 1.